The van der Waals surface area contributed by atoms with Gasteiger partial charge in [0, 0.05) is 13.1 Å². The summed E-state index contributed by atoms with van der Waals surface area (Å²) in [6, 6.07) is 3.89. The van der Waals surface area contributed by atoms with E-state index in [1.807, 2.05) is 45.9 Å². The van der Waals surface area contributed by atoms with Gasteiger partial charge in [-0.05, 0) is 70.6 Å². The van der Waals surface area contributed by atoms with E-state index < -0.39 is 29.7 Å². The van der Waals surface area contributed by atoms with Gasteiger partial charge in [-0.2, -0.15) is 0 Å². The summed E-state index contributed by atoms with van der Waals surface area (Å²) in [4.78, 5) is 54.4. The van der Waals surface area contributed by atoms with E-state index in [-0.39, 0.29) is 37.3 Å². The number of alkyl carbamates (subject to hydrolysis) is 1. The summed E-state index contributed by atoms with van der Waals surface area (Å²) in [5, 5.41) is 5.62. The van der Waals surface area contributed by atoms with Crippen molar-refractivity contribution in [2.24, 2.45) is 5.92 Å². The summed E-state index contributed by atoms with van der Waals surface area (Å²) in [5.74, 6) is -1.40. The van der Waals surface area contributed by atoms with Crippen LogP contribution in [0.3, 0.4) is 0 Å². The highest BCUT2D eigenvalue weighted by molar-refractivity contribution is 5.92. The van der Waals surface area contributed by atoms with Gasteiger partial charge in [0.25, 0.3) is 0 Å². The Morgan fingerprint density at radius 3 is 2.14 bits per heavy atom. The van der Waals surface area contributed by atoms with Gasteiger partial charge < -0.3 is 25.0 Å². The topological polar surface area (TPSA) is 114 Å². The summed E-state index contributed by atoms with van der Waals surface area (Å²) in [6.45, 7) is 17.5. The number of hydrogen-bond acceptors (Lipinski definition) is 6. The van der Waals surface area contributed by atoms with Gasteiger partial charge in [-0.1, -0.05) is 71.1 Å². The van der Waals surface area contributed by atoms with Crippen LogP contribution in [0, 0.1) is 19.8 Å². The Labute approximate surface area is 253 Å². The molecule has 0 bridgehead atoms. The first-order valence-electron chi connectivity index (χ1n) is 15.5. The minimum atomic E-state index is -0.948. The van der Waals surface area contributed by atoms with Crippen molar-refractivity contribution in [3.05, 3.63) is 34.9 Å². The van der Waals surface area contributed by atoms with E-state index in [0.29, 0.717) is 18.5 Å². The van der Waals surface area contributed by atoms with Gasteiger partial charge in [0.2, 0.25) is 11.8 Å². The second-order valence-corrected chi connectivity index (χ2v) is 12.3. The van der Waals surface area contributed by atoms with Crippen LogP contribution in [0.5, 0.6) is 0 Å². The van der Waals surface area contributed by atoms with Crippen LogP contribution in [0.2, 0.25) is 0 Å². The van der Waals surface area contributed by atoms with Crippen molar-refractivity contribution in [3.8, 4) is 0 Å². The standard InChI is InChI=1S/C33H55N3O6/c1-10-12-13-14-15-16-21-36(31(39)28(23(3)4)35-32(40)42-33(7,8)9)29(26-18-17-24(5)25(6)22-26)30(38)34-20-19-27(37)41-11-2/h17-18,22-23,28-29H,10-16,19-21H2,1-9H3,(H,34,38)(H,35,40). The Morgan fingerprint density at radius 1 is 0.929 bits per heavy atom. The molecule has 1 aromatic rings. The molecular formula is C33H55N3O6. The van der Waals surface area contributed by atoms with Gasteiger partial charge in [-0.25, -0.2) is 4.79 Å². The highest BCUT2D eigenvalue weighted by Gasteiger charge is 2.37. The third-order valence-corrected chi connectivity index (χ3v) is 6.98. The number of nitrogens with zero attached hydrogens (tertiary/aromatic N) is 1. The van der Waals surface area contributed by atoms with Crippen molar-refractivity contribution >= 4 is 23.9 Å². The molecule has 42 heavy (non-hydrogen) atoms. The van der Waals surface area contributed by atoms with Crippen LogP contribution in [0.1, 0.15) is 116 Å². The van der Waals surface area contributed by atoms with E-state index in [1.165, 1.54) is 0 Å². The van der Waals surface area contributed by atoms with E-state index in [9.17, 15) is 19.2 Å². The molecular weight excluding hydrogens is 534 g/mol. The number of unbranched alkanes of at least 4 members (excludes halogenated alkanes) is 5. The average Bonchev–Trinajstić information content (AvgIpc) is 2.89. The predicted octanol–water partition coefficient (Wildman–Crippen LogP) is 6.15. The minimum absolute atomic E-state index is 0.0272. The molecule has 0 fully saturated rings. The van der Waals surface area contributed by atoms with Crippen molar-refractivity contribution in [2.75, 3.05) is 19.7 Å². The molecule has 238 valence electrons. The molecule has 0 saturated heterocycles. The highest BCUT2D eigenvalue weighted by Crippen LogP contribution is 2.27. The fourth-order valence-corrected chi connectivity index (χ4v) is 4.58. The van der Waals surface area contributed by atoms with Gasteiger partial charge in [0.15, 0.2) is 0 Å². The molecule has 1 rings (SSSR count). The van der Waals surface area contributed by atoms with Gasteiger partial charge in [0.05, 0.1) is 13.0 Å². The van der Waals surface area contributed by atoms with Crippen molar-refractivity contribution in [2.45, 2.75) is 125 Å². The van der Waals surface area contributed by atoms with Crippen molar-refractivity contribution in [1.29, 1.82) is 0 Å². The van der Waals surface area contributed by atoms with Crippen molar-refractivity contribution in [1.82, 2.24) is 15.5 Å². The Balaban J connectivity index is 3.45. The third-order valence-electron chi connectivity index (χ3n) is 6.98. The zero-order valence-electron chi connectivity index (χ0n) is 27.4. The molecule has 2 unspecified atom stereocenters. The van der Waals surface area contributed by atoms with E-state index in [2.05, 4.69) is 17.6 Å². The SMILES string of the molecule is CCCCCCCCN(C(=O)C(NC(=O)OC(C)(C)C)C(C)C)C(C(=O)NCCC(=O)OCC)c1ccc(C)c(C)c1. The van der Waals surface area contributed by atoms with Gasteiger partial charge in [-0.15, -0.1) is 0 Å². The van der Waals surface area contributed by atoms with Crippen LogP contribution < -0.4 is 10.6 Å². The molecule has 9 nitrogen and oxygen atoms in total. The molecule has 1 aromatic carbocycles. The van der Waals surface area contributed by atoms with Crippen LogP contribution in [-0.4, -0.2) is 60.1 Å². The number of nitrogens with one attached hydrogen (secondary N) is 2. The summed E-state index contributed by atoms with van der Waals surface area (Å²) in [5.41, 5.74) is 2.01. The molecule has 0 heterocycles. The van der Waals surface area contributed by atoms with Crippen LogP contribution in [-0.2, 0) is 23.9 Å². The third kappa shape index (κ3) is 13.3. The lowest BCUT2D eigenvalue weighted by atomic mass is 9.96. The second kappa shape index (κ2) is 18.4. The van der Waals surface area contributed by atoms with E-state index >= 15 is 0 Å². The summed E-state index contributed by atoms with van der Waals surface area (Å²) >= 11 is 0. The minimum Gasteiger partial charge on any atom is -0.466 e. The van der Waals surface area contributed by atoms with Crippen LogP contribution in [0.4, 0.5) is 4.79 Å². The van der Waals surface area contributed by atoms with Crippen molar-refractivity contribution in [3.63, 3.8) is 0 Å². The van der Waals surface area contributed by atoms with Crippen LogP contribution in [0.25, 0.3) is 0 Å². The van der Waals surface area contributed by atoms with E-state index in [4.69, 9.17) is 9.47 Å². The molecule has 0 aliphatic carbocycles. The lowest BCUT2D eigenvalue weighted by Gasteiger charge is -2.36. The quantitative estimate of drug-likeness (QED) is 0.166. The predicted molar refractivity (Wildman–Crippen MR) is 166 cm³/mol. The number of benzene rings is 1. The van der Waals surface area contributed by atoms with Gasteiger partial charge >= 0.3 is 12.1 Å². The fourth-order valence-electron chi connectivity index (χ4n) is 4.58. The Kier molecular flexibility index (Phi) is 16.2. The number of ether oxygens (including phenoxy) is 2. The van der Waals surface area contributed by atoms with Gasteiger partial charge in [-0.3, -0.25) is 14.4 Å². The number of rotatable bonds is 17. The number of hydrogen-bond donors (Lipinski definition) is 2. The molecule has 0 aliphatic heterocycles. The normalized spacial score (nSPS) is 12.8. The number of esters is 1. The number of aryl methyl sites for hydroxylation is 2. The second-order valence-electron chi connectivity index (χ2n) is 12.3. The maximum atomic E-state index is 14.3. The first-order chi connectivity index (χ1) is 19.7. The molecule has 3 amide bonds. The highest BCUT2D eigenvalue weighted by atomic mass is 16.6. The molecule has 0 spiro atoms. The Hall–Kier alpha value is -3.10. The summed E-state index contributed by atoms with van der Waals surface area (Å²) in [6.07, 6.45) is 5.43. The number of carbonyl (C=O) groups is 4. The van der Waals surface area contributed by atoms with Gasteiger partial charge in [0.1, 0.15) is 17.7 Å². The molecule has 0 aliphatic rings. The van der Waals surface area contributed by atoms with Crippen molar-refractivity contribution < 1.29 is 28.7 Å². The lowest BCUT2D eigenvalue weighted by molar-refractivity contribution is -0.144. The lowest BCUT2D eigenvalue weighted by Crippen LogP contribution is -2.55. The summed E-state index contributed by atoms with van der Waals surface area (Å²) < 4.78 is 10.5. The first-order valence-corrected chi connectivity index (χ1v) is 15.5. The molecule has 9 heteroatoms. The number of amides is 3. The smallest absolute Gasteiger partial charge is 0.408 e. The Morgan fingerprint density at radius 2 is 1.57 bits per heavy atom. The van der Waals surface area contributed by atoms with E-state index in [0.717, 1.165) is 43.2 Å². The largest absolute Gasteiger partial charge is 0.466 e. The van der Waals surface area contributed by atoms with Crippen LogP contribution >= 0.6 is 0 Å². The average molecular weight is 590 g/mol. The van der Waals surface area contributed by atoms with E-state index in [1.54, 1.807) is 32.6 Å². The molecule has 2 N–H and O–H groups in total. The monoisotopic (exact) mass is 589 g/mol. The Bertz CT molecular complexity index is 1020. The number of carbonyl (C=O) groups excluding carboxylic acids is 4. The molecule has 2 atom stereocenters. The zero-order valence-corrected chi connectivity index (χ0v) is 27.4. The maximum Gasteiger partial charge on any atom is 0.408 e. The summed E-state index contributed by atoms with van der Waals surface area (Å²) in [7, 11) is 0. The molecule has 0 saturated carbocycles. The maximum absolute atomic E-state index is 14.3. The molecule has 0 radical (unpaired) electrons. The van der Waals surface area contributed by atoms with Crippen LogP contribution in [0.15, 0.2) is 18.2 Å². The fraction of sp³-hybridized carbons (Fsp3) is 0.697. The zero-order chi connectivity index (χ0) is 31.9. The molecule has 0 aromatic heterocycles. The first kappa shape index (κ1) is 36.9.